The Balaban J connectivity index is 1.59. The van der Waals surface area contributed by atoms with Gasteiger partial charge in [-0.1, -0.05) is 24.3 Å². The molecule has 2 amide bonds. The Labute approximate surface area is 164 Å². The molecule has 0 saturated carbocycles. The molecule has 7 nitrogen and oxygen atoms in total. The quantitative estimate of drug-likeness (QED) is 0.800. The van der Waals surface area contributed by atoms with E-state index in [0.717, 1.165) is 37.9 Å². The molecule has 28 heavy (non-hydrogen) atoms. The van der Waals surface area contributed by atoms with Crippen LogP contribution in [0.15, 0.2) is 24.3 Å². The van der Waals surface area contributed by atoms with Crippen molar-refractivity contribution < 1.29 is 14.3 Å². The zero-order valence-electron chi connectivity index (χ0n) is 16.2. The third kappa shape index (κ3) is 3.54. The first-order chi connectivity index (χ1) is 13.7. The van der Waals surface area contributed by atoms with Crippen LogP contribution in [0.5, 0.6) is 0 Å². The lowest BCUT2D eigenvalue weighted by molar-refractivity contribution is 0.0727. The lowest BCUT2D eigenvalue weighted by Gasteiger charge is -2.28. The van der Waals surface area contributed by atoms with Gasteiger partial charge in [0.2, 0.25) is 0 Å². The Morgan fingerprint density at radius 1 is 1.14 bits per heavy atom. The van der Waals surface area contributed by atoms with Gasteiger partial charge in [-0.25, -0.2) is 4.98 Å². The summed E-state index contributed by atoms with van der Waals surface area (Å²) in [5.74, 6) is 0.0193. The zero-order chi connectivity index (χ0) is 19.5. The van der Waals surface area contributed by atoms with Gasteiger partial charge in [0, 0.05) is 33.3 Å². The SMILES string of the molecule is COCCNC(=O)c1nc(C(=O)N2CCc3ccccc3C2)c2n1CCCC2. The molecule has 0 unspecified atom stereocenters. The van der Waals surface area contributed by atoms with Crippen LogP contribution in [-0.4, -0.2) is 53.1 Å². The molecule has 0 atom stereocenters. The van der Waals surface area contributed by atoms with Crippen molar-refractivity contribution in [1.29, 1.82) is 0 Å². The number of methoxy groups -OCH3 is 1. The molecule has 7 heteroatoms. The van der Waals surface area contributed by atoms with Gasteiger partial charge in [0.05, 0.1) is 12.3 Å². The molecular formula is C21H26N4O3. The molecule has 1 aromatic heterocycles. The van der Waals surface area contributed by atoms with Crippen molar-refractivity contribution in [3.63, 3.8) is 0 Å². The van der Waals surface area contributed by atoms with Crippen molar-refractivity contribution in [3.8, 4) is 0 Å². The molecule has 0 aliphatic carbocycles. The Morgan fingerprint density at radius 2 is 1.96 bits per heavy atom. The van der Waals surface area contributed by atoms with Crippen LogP contribution in [0.2, 0.25) is 0 Å². The average Bonchev–Trinajstić information content (AvgIpc) is 3.13. The van der Waals surface area contributed by atoms with Crippen molar-refractivity contribution in [2.24, 2.45) is 0 Å². The number of rotatable bonds is 5. The van der Waals surface area contributed by atoms with E-state index in [2.05, 4.69) is 22.4 Å². The van der Waals surface area contributed by atoms with E-state index in [0.29, 0.717) is 37.8 Å². The molecular weight excluding hydrogens is 356 g/mol. The molecule has 0 spiro atoms. The fourth-order valence-corrected chi connectivity index (χ4v) is 4.05. The number of fused-ring (bicyclic) bond motifs is 2. The van der Waals surface area contributed by atoms with E-state index in [1.54, 1.807) is 7.11 Å². The Bertz CT molecular complexity index is 890. The summed E-state index contributed by atoms with van der Waals surface area (Å²) in [5, 5.41) is 2.82. The molecule has 148 valence electrons. The minimum atomic E-state index is -0.247. The number of nitrogens with zero attached hydrogens (tertiary/aromatic N) is 3. The summed E-state index contributed by atoms with van der Waals surface area (Å²) in [6.45, 7) is 2.86. The fourth-order valence-electron chi connectivity index (χ4n) is 4.05. The molecule has 1 aromatic carbocycles. The van der Waals surface area contributed by atoms with Crippen LogP contribution in [0.25, 0.3) is 0 Å². The lowest BCUT2D eigenvalue weighted by Crippen LogP contribution is -2.36. The number of carbonyl (C=O) groups is 2. The number of ether oxygens (including phenoxy) is 1. The largest absolute Gasteiger partial charge is 0.383 e. The van der Waals surface area contributed by atoms with Crippen molar-refractivity contribution in [2.45, 2.75) is 38.8 Å². The molecule has 2 aromatic rings. The summed E-state index contributed by atoms with van der Waals surface area (Å²) >= 11 is 0. The maximum absolute atomic E-state index is 13.3. The van der Waals surface area contributed by atoms with Gasteiger partial charge in [0.15, 0.2) is 5.82 Å². The summed E-state index contributed by atoms with van der Waals surface area (Å²) in [7, 11) is 1.59. The molecule has 0 bridgehead atoms. The van der Waals surface area contributed by atoms with Gasteiger partial charge < -0.3 is 19.5 Å². The first kappa shape index (κ1) is 18.7. The van der Waals surface area contributed by atoms with Crippen LogP contribution in [0.1, 0.15) is 50.8 Å². The minimum absolute atomic E-state index is 0.0731. The predicted molar refractivity (Wildman–Crippen MR) is 104 cm³/mol. The van der Waals surface area contributed by atoms with E-state index in [-0.39, 0.29) is 11.8 Å². The van der Waals surface area contributed by atoms with E-state index >= 15 is 0 Å². The third-order valence-electron chi connectivity index (χ3n) is 5.53. The maximum atomic E-state index is 13.3. The van der Waals surface area contributed by atoms with Crippen LogP contribution < -0.4 is 5.32 Å². The highest BCUT2D eigenvalue weighted by molar-refractivity contribution is 5.97. The summed E-state index contributed by atoms with van der Waals surface area (Å²) in [4.78, 5) is 32.2. The lowest BCUT2D eigenvalue weighted by atomic mass is 9.99. The van der Waals surface area contributed by atoms with Gasteiger partial charge >= 0.3 is 0 Å². The van der Waals surface area contributed by atoms with Crippen molar-refractivity contribution in [2.75, 3.05) is 26.8 Å². The molecule has 4 rings (SSSR count). The standard InChI is InChI=1S/C21H26N4O3/c1-28-13-10-22-20(26)19-23-18(17-8-4-5-11-25(17)19)21(27)24-12-9-15-6-2-3-7-16(15)14-24/h2-3,6-7H,4-5,8-14H2,1H3,(H,22,26). The number of imidazole rings is 1. The minimum Gasteiger partial charge on any atom is -0.383 e. The van der Waals surface area contributed by atoms with E-state index in [1.807, 2.05) is 21.6 Å². The second kappa shape index (κ2) is 8.14. The third-order valence-corrected chi connectivity index (χ3v) is 5.53. The van der Waals surface area contributed by atoms with Crippen molar-refractivity contribution >= 4 is 11.8 Å². The van der Waals surface area contributed by atoms with E-state index in [1.165, 1.54) is 11.1 Å². The number of nitrogens with one attached hydrogen (secondary N) is 1. The number of hydrogen-bond acceptors (Lipinski definition) is 4. The highest BCUT2D eigenvalue weighted by atomic mass is 16.5. The number of benzene rings is 1. The molecule has 1 N–H and O–H groups in total. The second-order valence-electron chi connectivity index (χ2n) is 7.33. The Hall–Kier alpha value is -2.67. The van der Waals surface area contributed by atoms with Gasteiger partial charge in [0.25, 0.3) is 11.8 Å². The number of carbonyl (C=O) groups excluding carboxylic acids is 2. The van der Waals surface area contributed by atoms with Gasteiger partial charge in [-0.3, -0.25) is 9.59 Å². The first-order valence-electron chi connectivity index (χ1n) is 9.91. The van der Waals surface area contributed by atoms with Crippen LogP contribution in [-0.2, 0) is 30.7 Å². The predicted octanol–water partition coefficient (Wildman–Crippen LogP) is 1.79. The van der Waals surface area contributed by atoms with Crippen molar-refractivity contribution in [3.05, 3.63) is 52.6 Å². The van der Waals surface area contributed by atoms with E-state index in [9.17, 15) is 9.59 Å². The van der Waals surface area contributed by atoms with Gasteiger partial charge in [-0.15, -0.1) is 0 Å². The van der Waals surface area contributed by atoms with Gasteiger partial charge in [0.1, 0.15) is 5.69 Å². The number of hydrogen-bond donors (Lipinski definition) is 1. The second-order valence-corrected chi connectivity index (χ2v) is 7.33. The Kier molecular flexibility index (Phi) is 5.43. The molecule has 2 aliphatic heterocycles. The van der Waals surface area contributed by atoms with E-state index in [4.69, 9.17) is 4.74 Å². The summed E-state index contributed by atoms with van der Waals surface area (Å²) in [6, 6.07) is 8.24. The maximum Gasteiger partial charge on any atom is 0.287 e. The number of aromatic nitrogens is 2. The molecule has 0 fully saturated rings. The van der Waals surface area contributed by atoms with Crippen LogP contribution in [0, 0.1) is 0 Å². The zero-order valence-corrected chi connectivity index (χ0v) is 16.2. The summed E-state index contributed by atoms with van der Waals surface area (Å²) < 4.78 is 6.92. The average molecular weight is 382 g/mol. The fraction of sp³-hybridized carbons (Fsp3) is 0.476. The topological polar surface area (TPSA) is 76.5 Å². The number of amides is 2. The van der Waals surface area contributed by atoms with Gasteiger partial charge in [-0.2, -0.15) is 0 Å². The molecule has 3 heterocycles. The summed E-state index contributed by atoms with van der Waals surface area (Å²) in [6.07, 6.45) is 3.64. The smallest absolute Gasteiger partial charge is 0.287 e. The van der Waals surface area contributed by atoms with Crippen LogP contribution in [0.3, 0.4) is 0 Å². The van der Waals surface area contributed by atoms with Crippen LogP contribution in [0.4, 0.5) is 0 Å². The first-order valence-corrected chi connectivity index (χ1v) is 9.91. The monoisotopic (exact) mass is 382 g/mol. The van der Waals surface area contributed by atoms with Crippen LogP contribution >= 0.6 is 0 Å². The van der Waals surface area contributed by atoms with E-state index < -0.39 is 0 Å². The molecule has 0 radical (unpaired) electrons. The summed E-state index contributed by atoms with van der Waals surface area (Å²) in [5.41, 5.74) is 3.83. The highest BCUT2D eigenvalue weighted by Crippen LogP contribution is 2.25. The molecule has 0 saturated heterocycles. The molecule has 2 aliphatic rings. The normalized spacial score (nSPS) is 15.7. The van der Waals surface area contributed by atoms with Gasteiger partial charge in [-0.05, 0) is 36.8 Å². The van der Waals surface area contributed by atoms with Crippen molar-refractivity contribution in [1.82, 2.24) is 19.8 Å². The Morgan fingerprint density at radius 3 is 2.79 bits per heavy atom. The highest BCUT2D eigenvalue weighted by Gasteiger charge is 2.31.